The summed E-state index contributed by atoms with van der Waals surface area (Å²) in [6.45, 7) is 6.40. The Morgan fingerprint density at radius 2 is 1.69 bits per heavy atom. The van der Waals surface area contributed by atoms with Gasteiger partial charge < -0.3 is 10.6 Å². The molecule has 2 amide bonds. The molecule has 0 bridgehead atoms. The van der Waals surface area contributed by atoms with Crippen LogP contribution in [0.1, 0.15) is 56.8 Å². The van der Waals surface area contributed by atoms with Crippen molar-refractivity contribution in [3.63, 3.8) is 0 Å². The zero-order chi connectivity index (χ0) is 18.7. The number of benzene rings is 2. The predicted octanol–water partition coefficient (Wildman–Crippen LogP) is 4.74. The van der Waals surface area contributed by atoms with Crippen LogP contribution in [0.4, 0.5) is 5.69 Å². The van der Waals surface area contributed by atoms with Crippen molar-refractivity contribution < 1.29 is 9.59 Å². The SMILES string of the molecule is CC(C)CCC(C)NC(=O)c1cc2ccccc2cc1NC(=O)C1CC1. The van der Waals surface area contributed by atoms with Gasteiger partial charge in [0.2, 0.25) is 5.91 Å². The fourth-order valence-electron chi connectivity index (χ4n) is 3.07. The minimum atomic E-state index is -0.127. The number of carbonyl (C=O) groups is 2. The van der Waals surface area contributed by atoms with Crippen molar-refractivity contribution in [2.45, 2.75) is 52.5 Å². The van der Waals surface area contributed by atoms with Crippen LogP contribution in [0.5, 0.6) is 0 Å². The van der Waals surface area contributed by atoms with Gasteiger partial charge in [0.1, 0.15) is 0 Å². The van der Waals surface area contributed by atoms with Crippen LogP contribution >= 0.6 is 0 Å². The second-order valence-corrected chi connectivity index (χ2v) is 7.85. The highest BCUT2D eigenvalue weighted by Gasteiger charge is 2.30. The van der Waals surface area contributed by atoms with Crippen molar-refractivity contribution in [3.05, 3.63) is 42.0 Å². The number of hydrogen-bond donors (Lipinski definition) is 2. The molecule has 2 N–H and O–H groups in total. The van der Waals surface area contributed by atoms with E-state index >= 15 is 0 Å². The molecule has 0 saturated heterocycles. The molecule has 4 nitrogen and oxygen atoms in total. The molecular weight excluding hydrogens is 324 g/mol. The van der Waals surface area contributed by atoms with Gasteiger partial charge in [-0.25, -0.2) is 0 Å². The van der Waals surface area contributed by atoms with Gasteiger partial charge >= 0.3 is 0 Å². The van der Waals surface area contributed by atoms with Crippen LogP contribution in [0.15, 0.2) is 36.4 Å². The first kappa shape index (κ1) is 18.4. The van der Waals surface area contributed by atoms with Gasteiger partial charge in [-0.15, -0.1) is 0 Å². The smallest absolute Gasteiger partial charge is 0.253 e. The minimum Gasteiger partial charge on any atom is -0.350 e. The van der Waals surface area contributed by atoms with Crippen LogP contribution in [0.25, 0.3) is 10.8 Å². The number of hydrogen-bond acceptors (Lipinski definition) is 2. The summed E-state index contributed by atoms with van der Waals surface area (Å²) in [6.07, 6.45) is 3.89. The molecule has 4 heteroatoms. The summed E-state index contributed by atoms with van der Waals surface area (Å²) in [7, 11) is 0. The molecule has 2 aromatic carbocycles. The second kappa shape index (κ2) is 7.90. The van der Waals surface area contributed by atoms with E-state index in [1.807, 2.05) is 43.3 Å². The van der Waals surface area contributed by atoms with Gasteiger partial charge in [-0.3, -0.25) is 9.59 Å². The molecule has 1 aliphatic rings. The number of fused-ring (bicyclic) bond motifs is 1. The highest BCUT2D eigenvalue weighted by Crippen LogP contribution is 2.32. The predicted molar refractivity (Wildman–Crippen MR) is 106 cm³/mol. The number of rotatable bonds is 7. The fraction of sp³-hybridized carbons (Fsp3) is 0.455. The first-order valence-electron chi connectivity index (χ1n) is 9.58. The third-order valence-electron chi connectivity index (χ3n) is 4.89. The lowest BCUT2D eigenvalue weighted by atomic mass is 10.0. The average molecular weight is 352 g/mol. The van der Waals surface area contributed by atoms with E-state index in [-0.39, 0.29) is 23.8 Å². The summed E-state index contributed by atoms with van der Waals surface area (Å²) >= 11 is 0. The lowest BCUT2D eigenvalue weighted by Crippen LogP contribution is -2.33. The minimum absolute atomic E-state index is 0.0159. The zero-order valence-electron chi connectivity index (χ0n) is 15.8. The summed E-state index contributed by atoms with van der Waals surface area (Å²) in [5.74, 6) is 0.603. The zero-order valence-corrected chi connectivity index (χ0v) is 15.8. The van der Waals surface area contributed by atoms with E-state index in [1.54, 1.807) is 0 Å². The van der Waals surface area contributed by atoms with E-state index in [0.717, 1.165) is 36.5 Å². The third-order valence-corrected chi connectivity index (χ3v) is 4.89. The maximum atomic E-state index is 12.9. The van der Waals surface area contributed by atoms with E-state index in [9.17, 15) is 9.59 Å². The molecule has 0 aliphatic heterocycles. The summed E-state index contributed by atoms with van der Waals surface area (Å²) in [5, 5.41) is 8.07. The molecule has 3 rings (SSSR count). The normalized spacial score (nSPS) is 15.1. The highest BCUT2D eigenvalue weighted by molar-refractivity contribution is 6.08. The van der Waals surface area contributed by atoms with Crippen molar-refractivity contribution in [2.24, 2.45) is 11.8 Å². The van der Waals surface area contributed by atoms with Gasteiger partial charge in [0, 0.05) is 12.0 Å². The Morgan fingerprint density at radius 1 is 1.04 bits per heavy atom. The molecule has 0 heterocycles. The van der Waals surface area contributed by atoms with Crippen LogP contribution < -0.4 is 10.6 Å². The lowest BCUT2D eigenvalue weighted by Gasteiger charge is -2.17. The number of anilines is 1. The first-order chi connectivity index (χ1) is 12.4. The van der Waals surface area contributed by atoms with Crippen molar-refractivity contribution in [1.82, 2.24) is 5.32 Å². The molecular formula is C22H28N2O2. The Labute approximate surface area is 155 Å². The van der Waals surface area contributed by atoms with Crippen LogP contribution in [0.2, 0.25) is 0 Å². The van der Waals surface area contributed by atoms with Crippen LogP contribution in [0.3, 0.4) is 0 Å². The fourth-order valence-corrected chi connectivity index (χ4v) is 3.07. The Kier molecular flexibility index (Phi) is 5.60. The van der Waals surface area contributed by atoms with Crippen LogP contribution in [-0.4, -0.2) is 17.9 Å². The van der Waals surface area contributed by atoms with Crippen LogP contribution in [-0.2, 0) is 4.79 Å². The van der Waals surface area contributed by atoms with E-state index in [4.69, 9.17) is 0 Å². The van der Waals surface area contributed by atoms with Gasteiger partial charge in [-0.1, -0.05) is 38.1 Å². The van der Waals surface area contributed by atoms with Gasteiger partial charge in [0.25, 0.3) is 5.91 Å². The van der Waals surface area contributed by atoms with E-state index < -0.39 is 0 Å². The quantitative estimate of drug-likeness (QED) is 0.756. The molecule has 1 fully saturated rings. The number of carbonyl (C=O) groups excluding carboxylic acids is 2. The third kappa shape index (κ3) is 4.63. The van der Waals surface area contributed by atoms with E-state index in [2.05, 4.69) is 24.5 Å². The molecule has 1 aliphatic carbocycles. The molecule has 0 aromatic heterocycles. The van der Waals surface area contributed by atoms with Gasteiger partial charge in [0.05, 0.1) is 11.3 Å². The molecule has 0 radical (unpaired) electrons. The van der Waals surface area contributed by atoms with Crippen molar-refractivity contribution in [1.29, 1.82) is 0 Å². The second-order valence-electron chi connectivity index (χ2n) is 7.85. The summed E-state index contributed by atoms with van der Waals surface area (Å²) < 4.78 is 0. The maximum absolute atomic E-state index is 12.9. The molecule has 1 atom stereocenters. The lowest BCUT2D eigenvalue weighted by molar-refractivity contribution is -0.117. The number of amides is 2. The Balaban J connectivity index is 1.83. The summed E-state index contributed by atoms with van der Waals surface area (Å²) in [4.78, 5) is 25.1. The monoisotopic (exact) mass is 352 g/mol. The topological polar surface area (TPSA) is 58.2 Å². The van der Waals surface area contributed by atoms with Crippen molar-refractivity contribution >= 4 is 28.3 Å². The van der Waals surface area contributed by atoms with Gasteiger partial charge in [-0.05, 0) is 61.4 Å². The molecule has 0 spiro atoms. The van der Waals surface area contributed by atoms with Crippen molar-refractivity contribution in [2.75, 3.05) is 5.32 Å². The molecule has 1 saturated carbocycles. The molecule has 2 aromatic rings. The summed E-state index contributed by atoms with van der Waals surface area (Å²) in [5.41, 5.74) is 1.14. The molecule has 138 valence electrons. The van der Waals surface area contributed by atoms with E-state index in [0.29, 0.717) is 17.2 Å². The Bertz CT molecular complexity index is 809. The van der Waals surface area contributed by atoms with Crippen molar-refractivity contribution in [3.8, 4) is 0 Å². The van der Waals surface area contributed by atoms with Gasteiger partial charge in [-0.2, -0.15) is 0 Å². The Morgan fingerprint density at radius 3 is 2.31 bits per heavy atom. The van der Waals surface area contributed by atoms with Gasteiger partial charge in [0.15, 0.2) is 0 Å². The largest absolute Gasteiger partial charge is 0.350 e. The average Bonchev–Trinajstić information content (AvgIpc) is 3.44. The maximum Gasteiger partial charge on any atom is 0.253 e. The molecule has 1 unspecified atom stereocenters. The first-order valence-corrected chi connectivity index (χ1v) is 9.58. The number of nitrogens with one attached hydrogen (secondary N) is 2. The van der Waals surface area contributed by atoms with E-state index in [1.165, 1.54) is 0 Å². The highest BCUT2D eigenvalue weighted by atomic mass is 16.2. The standard InChI is InChI=1S/C22H28N2O2/c1-14(2)8-9-15(3)23-22(26)19-12-17-6-4-5-7-18(17)13-20(19)24-21(25)16-10-11-16/h4-7,12-16H,8-11H2,1-3H3,(H,23,26)(H,24,25). The van der Waals surface area contributed by atoms with Crippen LogP contribution in [0, 0.1) is 11.8 Å². The molecule has 26 heavy (non-hydrogen) atoms. The Hall–Kier alpha value is -2.36. The summed E-state index contributed by atoms with van der Waals surface area (Å²) in [6, 6.07) is 11.8.